The fourth-order valence-corrected chi connectivity index (χ4v) is 0.724. The molecule has 0 bridgehead atoms. The molecule has 1 unspecified atom stereocenters. The van der Waals surface area contributed by atoms with E-state index < -0.39 is 6.29 Å². The second-order valence-corrected chi connectivity index (χ2v) is 2.07. The van der Waals surface area contributed by atoms with Crippen molar-refractivity contribution in [2.75, 3.05) is 6.61 Å². The summed E-state index contributed by atoms with van der Waals surface area (Å²) in [4.78, 5) is 0. The monoisotopic (exact) mass is 201 g/mol. The summed E-state index contributed by atoms with van der Waals surface area (Å²) in [5.74, 6) is 2.00. The Labute approximate surface area is 96.6 Å². The van der Waals surface area contributed by atoms with Gasteiger partial charge in [0.2, 0.25) is 0 Å². The predicted molar refractivity (Wildman–Crippen MR) is 51.6 cm³/mol. The molecule has 0 aromatic carbocycles. The van der Waals surface area contributed by atoms with Crippen LogP contribution in [0.2, 0.25) is 0 Å². The average molecular weight is 202 g/mol. The Kier molecular flexibility index (Phi) is 21.5. The van der Waals surface area contributed by atoms with Gasteiger partial charge in [0.1, 0.15) is 0 Å². The van der Waals surface area contributed by atoms with Gasteiger partial charge < -0.3 is 22.2 Å². The molecule has 0 spiro atoms. The van der Waals surface area contributed by atoms with Gasteiger partial charge in [0.25, 0.3) is 0 Å². The molecule has 4 heteroatoms. The summed E-state index contributed by atoms with van der Waals surface area (Å²) in [5.41, 5.74) is 0. The van der Waals surface area contributed by atoms with Gasteiger partial charge in [-0.05, 0) is 26.2 Å². The molecule has 1 saturated heterocycles. The molecule has 0 amide bonds. The fraction of sp³-hybridized carbons (Fsp3) is 0.750. The van der Waals surface area contributed by atoms with E-state index in [1.165, 1.54) is 0 Å². The Morgan fingerprint density at radius 3 is 2.17 bits per heavy atom. The molecule has 12 heavy (non-hydrogen) atoms. The molecule has 1 aliphatic rings. The van der Waals surface area contributed by atoms with E-state index in [0.717, 1.165) is 25.9 Å². The largest absolute Gasteiger partial charge is 2.00 e. The van der Waals surface area contributed by atoms with Crippen LogP contribution < -0.4 is 0 Å². The Bertz CT molecular complexity index is 108. The topological polar surface area (TPSA) is 29.5 Å². The number of ether oxygens (including phenoxy) is 1. The van der Waals surface area contributed by atoms with E-state index in [1.807, 2.05) is 5.92 Å². The second-order valence-electron chi connectivity index (χ2n) is 2.07. The molecule has 2 nitrogen and oxygen atoms in total. The Morgan fingerprint density at radius 2 is 2.00 bits per heavy atom. The molecular weight excluding hydrogens is 188 g/mol. The molecule has 1 atom stereocenters. The minimum atomic E-state index is -0.464. The van der Waals surface area contributed by atoms with Gasteiger partial charge in [-0.25, -0.2) is 0 Å². The third kappa shape index (κ3) is 13.1. The maximum atomic E-state index is 8.69. The van der Waals surface area contributed by atoms with Gasteiger partial charge in [-0.1, -0.05) is 0 Å². The average Bonchev–Trinajstić information content (AvgIpc) is 1.91. The van der Waals surface area contributed by atoms with E-state index in [-0.39, 0.29) is 35.5 Å². The Hall–Kier alpha value is 0.536. The molecule has 1 aliphatic heterocycles. The van der Waals surface area contributed by atoms with Crippen molar-refractivity contribution in [1.29, 1.82) is 0 Å². The number of aliphatic hydroxyl groups is 1. The first-order valence-electron chi connectivity index (χ1n) is 3.44. The van der Waals surface area contributed by atoms with E-state index in [1.54, 1.807) is 6.92 Å². The van der Waals surface area contributed by atoms with Gasteiger partial charge in [0.05, 0.1) is 0 Å². The summed E-state index contributed by atoms with van der Waals surface area (Å²) in [6.45, 7) is 2.28. The van der Waals surface area contributed by atoms with Crippen LogP contribution in [-0.4, -0.2) is 41.1 Å². The molecule has 0 aromatic rings. The summed E-state index contributed by atoms with van der Waals surface area (Å²) in [7, 11) is 0. The summed E-state index contributed by atoms with van der Waals surface area (Å²) in [6, 6.07) is 0. The standard InChI is InChI=1S/C5H10O2.C3H3.ClH.Mg/c6-5-3-1-2-4-7-5;1-3-2;;/h5-6H,1-4H2;1H3;1H;/q;-1;;+2. The summed E-state index contributed by atoms with van der Waals surface area (Å²) >= 11 is 0. The van der Waals surface area contributed by atoms with Crippen LogP contribution >= 0.6 is 12.4 Å². The van der Waals surface area contributed by atoms with Crippen LogP contribution in [0.15, 0.2) is 0 Å². The van der Waals surface area contributed by atoms with E-state index in [4.69, 9.17) is 16.3 Å². The van der Waals surface area contributed by atoms with Crippen LogP contribution in [-0.2, 0) is 4.74 Å². The SMILES string of the molecule is Cl.OC1CCCCO1.[C-]#CC.[Mg+2]. The van der Waals surface area contributed by atoms with Crippen LogP contribution in [0.3, 0.4) is 0 Å². The number of rotatable bonds is 0. The van der Waals surface area contributed by atoms with E-state index in [0.29, 0.717) is 0 Å². The number of halogens is 1. The van der Waals surface area contributed by atoms with Crippen LogP contribution in [0.4, 0.5) is 0 Å². The normalized spacial score (nSPS) is 19.9. The number of hydrogen-bond donors (Lipinski definition) is 1. The molecule has 0 aromatic heterocycles. The molecule has 1 N–H and O–H groups in total. The third-order valence-corrected chi connectivity index (χ3v) is 1.16. The molecule has 1 fully saturated rings. The van der Waals surface area contributed by atoms with Crippen molar-refractivity contribution in [3.63, 3.8) is 0 Å². The minimum absolute atomic E-state index is 0. The molecule has 1 rings (SSSR count). The van der Waals surface area contributed by atoms with Crippen molar-refractivity contribution in [3.8, 4) is 5.92 Å². The van der Waals surface area contributed by atoms with Gasteiger partial charge in [0, 0.05) is 6.61 Å². The predicted octanol–water partition coefficient (Wildman–Crippen LogP) is 1.14. The van der Waals surface area contributed by atoms with Gasteiger partial charge in [-0.3, -0.25) is 0 Å². The maximum absolute atomic E-state index is 8.69. The Balaban J connectivity index is -0.000000146. The first kappa shape index (κ1) is 18.3. The quantitative estimate of drug-likeness (QED) is 0.362. The zero-order valence-corrected chi connectivity index (χ0v) is 9.61. The van der Waals surface area contributed by atoms with Crippen molar-refractivity contribution in [2.24, 2.45) is 0 Å². The fourth-order valence-electron chi connectivity index (χ4n) is 0.724. The zero-order valence-electron chi connectivity index (χ0n) is 7.38. The second kappa shape index (κ2) is 14.1. The van der Waals surface area contributed by atoms with Crippen molar-refractivity contribution in [3.05, 3.63) is 6.42 Å². The number of aliphatic hydroxyl groups excluding tert-OH is 1. The van der Waals surface area contributed by atoms with Gasteiger partial charge in [0.15, 0.2) is 6.29 Å². The van der Waals surface area contributed by atoms with Crippen molar-refractivity contribution in [2.45, 2.75) is 32.5 Å². The van der Waals surface area contributed by atoms with Crippen molar-refractivity contribution < 1.29 is 9.84 Å². The molecule has 0 saturated carbocycles. The molecule has 0 aliphatic carbocycles. The smallest absolute Gasteiger partial charge is 0.694 e. The zero-order chi connectivity index (χ0) is 7.82. The van der Waals surface area contributed by atoms with Crippen LogP contribution in [0.1, 0.15) is 26.2 Å². The summed E-state index contributed by atoms with van der Waals surface area (Å²) < 4.78 is 4.83. The van der Waals surface area contributed by atoms with Crippen LogP contribution in [0, 0.1) is 12.3 Å². The number of hydrogen-bond acceptors (Lipinski definition) is 2. The summed E-state index contributed by atoms with van der Waals surface area (Å²) in [5, 5.41) is 8.69. The summed E-state index contributed by atoms with van der Waals surface area (Å²) in [6.07, 6.45) is 8.53. The first-order chi connectivity index (χ1) is 4.81. The van der Waals surface area contributed by atoms with Crippen LogP contribution in [0.5, 0.6) is 0 Å². The van der Waals surface area contributed by atoms with Crippen LogP contribution in [0.25, 0.3) is 0 Å². The molecule has 66 valence electrons. The van der Waals surface area contributed by atoms with E-state index in [2.05, 4.69) is 0 Å². The van der Waals surface area contributed by atoms with Crippen molar-refractivity contribution >= 4 is 35.5 Å². The molecule has 1 heterocycles. The van der Waals surface area contributed by atoms with E-state index >= 15 is 0 Å². The van der Waals surface area contributed by atoms with Gasteiger partial charge >= 0.3 is 23.1 Å². The molecule has 0 radical (unpaired) electrons. The van der Waals surface area contributed by atoms with Crippen molar-refractivity contribution in [1.82, 2.24) is 0 Å². The van der Waals surface area contributed by atoms with E-state index in [9.17, 15) is 0 Å². The Morgan fingerprint density at radius 1 is 1.50 bits per heavy atom. The van der Waals surface area contributed by atoms with Gasteiger partial charge in [-0.2, -0.15) is 0 Å². The third-order valence-electron chi connectivity index (χ3n) is 1.16. The maximum Gasteiger partial charge on any atom is 2.00 e. The molecular formula is C8H14ClMgO2+. The first-order valence-corrected chi connectivity index (χ1v) is 3.44. The van der Waals surface area contributed by atoms with Gasteiger partial charge in [-0.15, -0.1) is 12.4 Å². The minimum Gasteiger partial charge on any atom is -0.694 e.